The number of carbonyl (C=O) groups is 3. The molecule has 1 aromatic rings. The smallest absolute Gasteiger partial charge is 0.247 e. The number of thioether (sulfide) groups is 1. The number of imide groups is 1. The number of nitrogens with one attached hydrogen (secondary N) is 1. The van der Waals surface area contributed by atoms with E-state index in [1.54, 1.807) is 0 Å². The van der Waals surface area contributed by atoms with Crippen LogP contribution in [-0.4, -0.2) is 54.8 Å². The van der Waals surface area contributed by atoms with E-state index in [0.29, 0.717) is 25.1 Å². The molecule has 210 valence electrons. The molecule has 1 saturated heterocycles. The van der Waals surface area contributed by atoms with Crippen LogP contribution in [0.3, 0.4) is 0 Å². The van der Waals surface area contributed by atoms with Crippen molar-refractivity contribution in [2.75, 3.05) is 17.8 Å². The predicted molar refractivity (Wildman–Crippen MR) is 159 cm³/mol. The second-order valence-corrected chi connectivity index (χ2v) is 14.2. The van der Waals surface area contributed by atoms with Crippen LogP contribution >= 0.6 is 11.8 Å². The second-order valence-electron chi connectivity index (χ2n) is 13.2. The van der Waals surface area contributed by atoms with E-state index in [-0.39, 0.29) is 51.3 Å². The number of ether oxygens (including phenoxy) is 1. The molecule has 0 spiro atoms. The molecular formula is C30H47BN2O4S. The first-order valence-corrected chi connectivity index (χ1v) is 14.9. The topological polar surface area (TPSA) is 75.7 Å². The molecule has 3 amide bonds. The highest BCUT2D eigenvalue weighted by atomic mass is 32.2. The van der Waals surface area contributed by atoms with E-state index in [0.717, 1.165) is 24.8 Å². The van der Waals surface area contributed by atoms with Crippen molar-refractivity contribution >= 4 is 43.0 Å². The third-order valence-electron chi connectivity index (χ3n) is 7.34. The van der Waals surface area contributed by atoms with Crippen molar-refractivity contribution in [1.29, 1.82) is 0 Å². The highest BCUT2D eigenvalue weighted by Gasteiger charge is 2.39. The number of nitrogens with zero attached hydrogens (tertiary/aromatic N) is 1. The van der Waals surface area contributed by atoms with Crippen molar-refractivity contribution in [3.8, 4) is 0 Å². The van der Waals surface area contributed by atoms with E-state index in [4.69, 9.17) is 12.6 Å². The van der Waals surface area contributed by atoms with Gasteiger partial charge in [0, 0.05) is 25.0 Å². The Morgan fingerprint density at radius 1 is 1.00 bits per heavy atom. The Balaban J connectivity index is 1.87. The van der Waals surface area contributed by atoms with E-state index in [9.17, 15) is 14.4 Å². The number of hydrogen-bond donors (Lipinski definition) is 1. The molecule has 1 aliphatic rings. The molecule has 0 aliphatic carbocycles. The number of hydrogen-bond acceptors (Lipinski definition) is 5. The lowest BCUT2D eigenvalue weighted by atomic mass is 9.70. The molecule has 8 heteroatoms. The van der Waals surface area contributed by atoms with E-state index < -0.39 is 0 Å². The van der Waals surface area contributed by atoms with Gasteiger partial charge < -0.3 is 10.1 Å². The Bertz CT molecular complexity index is 983. The van der Waals surface area contributed by atoms with E-state index in [1.165, 1.54) is 16.7 Å². The zero-order chi connectivity index (χ0) is 28.9. The van der Waals surface area contributed by atoms with Crippen LogP contribution in [0.5, 0.6) is 0 Å². The molecule has 1 unspecified atom stereocenters. The summed E-state index contributed by atoms with van der Waals surface area (Å²) in [6.45, 7) is 17.1. The van der Waals surface area contributed by atoms with Gasteiger partial charge >= 0.3 is 0 Å². The van der Waals surface area contributed by atoms with E-state index in [1.807, 2.05) is 44.4 Å². The predicted octanol–water partition coefficient (Wildman–Crippen LogP) is 5.97. The van der Waals surface area contributed by atoms with E-state index in [2.05, 4.69) is 46.9 Å². The maximum atomic E-state index is 12.9. The fraction of sp³-hybridized carbons (Fsp3) is 0.700. The molecule has 6 nitrogen and oxygen atoms in total. The fourth-order valence-corrected chi connectivity index (χ4v) is 5.09. The quantitative estimate of drug-likeness (QED) is 0.232. The molecule has 2 rings (SSSR count). The molecule has 1 N–H and O–H groups in total. The lowest BCUT2D eigenvalue weighted by molar-refractivity contribution is -0.123. The lowest BCUT2D eigenvalue weighted by Gasteiger charge is -2.33. The highest BCUT2D eigenvalue weighted by molar-refractivity contribution is 8.00. The minimum atomic E-state index is -0.347. The Kier molecular flexibility index (Phi) is 10.7. The zero-order valence-electron chi connectivity index (χ0n) is 24.9. The van der Waals surface area contributed by atoms with Crippen molar-refractivity contribution in [3.05, 3.63) is 29.8 Å². The monoisotopic (exact) mass is 542 g/mol. The van der Waals surface area contributed by atoms with Crippen molar-refractivity contribution in [3.63, 3.8) is 0 Å². The van der Waals surface area contributed by atoms with Gasteiger partial charge in [0.05, 0.1) is 24.4 Å². The zero-order valence-corrected chi connectivity index (χ0v) is 25.7. The molecule has 1 fully saturated rings. The third-order valence-corrected chi connectivity index (χ3v) is 8.28. The molecular weight excluding hydrogens is 495 g/mol. The molecule has 0 saturated carbocycles. The average molecular weight is 543 g/mol. The van der Waals surface area contributed by atoms with Crippen LogP contribution in [0.4, 0.5) is 5.69 Å². The van der Waals surface area contributed by atoms with Crippen LogP contribution in [0.25, 0.3) is 0 Å². The van der Waals surface area contributed by atoms with Gasteiger partial charge in [0.1, 0.15) is 0 Å². The summed E-state index contributed by atoms with van der Waals surface area (Å²) in [6, 6.07) is 7.57. The Morgan fingerprint density at radius 3 is 2.13 bits per heavy atom. The largest absolute Gasteiger partial charge is 0.376 e. The highest BCUT2D eigenvalue weighted by Crippen LogP contribution is 2.33. The standard InChI is InChI=1S/C30H47BN2O4S/c1-27(2,21-10-12-22(13-11-21)33-25(35)20-23(38-9)26(33)36)15-14-24(34)32-29(5,6)16-17-30(7,8)37-19-18-28(3,4)31/h10-13,23H,14-20H2,1-9H3,(H,32,34). The van der Waals surface area contributed by atoms with Gasteiger partial charge in [-0.25, -0.2) is 4.90 Å². The Morgan fingerprint density at radius 2 is 1.61 bits per heavy atom. The van der Waals surface area contributed by atoms with Crippen molar-refractivity contribution < 1.29 is 19.1 Å². The third kappa shape index (κ3) is 9.75. The summed E-state index contributed by atoms with van der Waals surface area (Å²) in [5.74, 6) is -0.280. The van der Waals surface area contributed by atoms with E-state index >= 15 is 0 Å². The molecule has 38 heavy (non-hydrogen) atoms. The first-order valence-electron chi connectivity index (χ1n) is 13.6. The summed E-state index contributed by atoms with van der Waals surface area (Å²) in [7, 11) is 6.06. The minimum absolute atomic E-state index is 0.0275. The van der Waals surface area contributed by atoms with Crippen molar-refractivity contribution in [1.82, 2.24) is 5.32 Å². The second kappa shape index (κ2) is 12.6. The molecule has 2 radical (unpaired) electrons. The average Bonchev–Trinajstić information content (AvgIpc) is 3.08. The van der Waals surface area contributed by atoms with Gasteiger partial charge in [0.25, 0.3) is 0 Å². The normalized spacial score (nSPS) is 17.3. The number of anilines is 1. The SMILES string of the molecule is [B]C(C)(C)CCOC(C)(C)CCC(C)(C)NC(=O)CCC(C)(C)c1ccc(N2C(=O)CC(SC)C2=O)cc1. The maximum absolute atomic E-state index is 12.9. The molecule has 0 bridgehead atoms. The van der Waals surface area contributed by atoms with Gasteiger partial charge in [-0.1, -0.05) is 45.1 Å². The lowest BCUT2D eigenvalue weighted by Crippen LogP contribution is -2.45. The summed E-state index contributed by atoms with van der Waals surface area (Å²) in [5.41, 5.74) is 0.790. The van der Waals surface area contributed by atoms with Gasteiger partial charge in [-0.15, -0.1) is 0 Å². The van der Waals surface area contributed by atoms with Gasteiger partial charge in [-0.3, -0.25) is 14.4 Å². The molecule has 1 heterocycles. The van der Waals surface area contributed by atoms with Crippen LogP contribution in [0, 0.1) is 0 Å². The molecule has 1 aromatic carbocycles. The molecule has 0 aromatic heterocycles. The van der Waals surface area contributed by atoms with Crippen LogP contribution in [0.2, 0.25) is 5.31 Å². The van der Waals surface area contributed by atoms with Crippen molar-refractivity contribution in [2.24, 2.45) is 0 Å². The van der Waals surface area contributed by atoms with Crippen molar-refractivity contribution in [2.45, 2.75) is 121 Å². The number of rotatable bonds is 14. The van der Waals surface area contributed by atoms with Crippen LogP contribution in [-0.2, 0) is 24.5 Å². The van der Waals surface area contributed by atoms with Crippen LogP contribution < -0.4 is 10.2 Å². The van der Waals surface area contributed by atoms with Crippen LogP contribution in [0.1, 0.15) is 99.5 Å². The summed E-state index contributed by atoms with van der Waals surface area (Å²) < 4.78 is 6.08. The summed E-state index contributed by atoms with van der Waals surface area (Å²) in [6.07, 6.45) is 5.59. The number of carbonyl (C=O) groups excluding carboxylic acids is 3. The maximum Gasteiger partial charge on any atom is 0.247 e. The summed E-state index contributed by atoms with van der Waals surface area (Å²) >= 11 is 1.41. The van der Waals surface area contributed by atoms with Crippen LogP contribution in [0.15, 0.2) is 24.3 Å². The van der Waals surface area contributed by atoms with Gasteiger partial charge in [0.2, 0.25) is 17.7 Å². The fourth-order valence-electron chi connectivity index (χ4n) is 4.47. The Hall–Kier alpha value is -1.80. The summed E-state index contributed by atoms with van der Waals surface area (Å²) in [4.78, 5) is 39.0. The van der Waals surface area contributed by atoms with Gasteiger partial charge in [-0.2, -0.15) is 11.8 Å². The van der Waals surface area contributed by atoms with Gasteiger partial charge in [0.15, 0.2) is 0 Å². The Labute approximate surface area is 235 Å². The summed E-state index contributed by atoms with van der Waals surface area (Å²) in [5, 5.41) is 2.65. The molecule has 1 aliphatic heterocycles. The minimum Gasteiger partial charge on any atom is -0.376 e. The number of benzene rings is 1. The number of amides is 3. The first kappa shape index (κ1) is 32.4. The molecule has 1 atom stereocenters. The first-order chi connectivity index (χ1) is 17.4. The van der Waals surface area contributed by atoms with Gasteiger partial charge in [-0.05, 0) is 82.7 Å².